The summed E-state index contributed by atoms with van der Waals surface area (Å²) in [4.78, 5) is 11.7. The maximum Gasteiger partial charge on any atom is 0.342 e. The van der Waals surface area contributed by atoms with E-state index >= 15 is 0 Å². The second kappa shape index (κ2) is 4.75. The third kappa shape index (κ3) is 2.12. The molecule has 0 aromatic carbocycles. The van der Waals surface area contributed by atoms with E-state index in [1.807, 2.05) is 0 Å². The van der Waals surface area contributed by atoms with Gasteiger partial charge in [0.2, 0.25) is 0 Å². The molecule has 0 atom stereocenters. The van der Waals surface area contributed by atoms with Crippen LogP contribution in [0.5, 0.6) is 5.75 Å². The van der Waals surface area contributed by atoms with Gasteiger partial charge in [0.25, 0.3) is 0 Å². The fourth-order valence-electron chi connectivity index (χ4n) is 1.52. The minimum atomic E-state index is -0.381. The van der Waals surface area contributed by atoms with Gasteiger partial charge in [-0.1, -0.05) is 0 Å². The number of rotatable bonds is 3. The molecule has 90 valence electrons. The molecule has 17 heavy (non-hydrogen) atoms. The zero-order valence-electron chi connectivity index (χ0n) is 9.44. The molecule has 0 bridgehead atoms. The number of carbonyl (C=O) groups is 1. The van der Waals surface area contributed by atoms with E-state index in [1.54, 1.807) is 30.8 Å². The van der Waals surface area contributed by atoms with Crippen LogP contribution in [0.2, 0.25) is 0 Å². The second-order valence-corrected chi connectivity index (χ2v) is 4.15. The van der Waals surface area contributed by atoms with Crippen molar-refractivity contribution in [1.29, 1.82) is 0 Å². The number of hydrogen-bond donors (Lipinski definition) is 0. The number of hydrogen-bond acceptors (Lipinski definition) is 4. The number of fused-ring (bicyclic) bond motifs is 1. The lowest BCUT2D eigenvalue weighted by Gasteiger charge is -2.04. The van der Waals surface area contributed by atoms with Crippen LogP contribution in [0.3, 0.4) is 0 Å². The van der Waals surface area contributed by atoms with Crippen molar-refractivity contribution in [1.82, 2.24) is 9.61 Å². The summed E-state index contributed by atoms with van der Waals surface area (Å²) >= 11 is 3.39. The lowest BCUT2D eigenvalue weighted by Crippen LogP contribution is -2.04. The van der Waals surface area contributed by atoms with E-state index < -0.39 is 0 Å². The molecule has 2 aromatic heterocycles. The van der Waals surface area contributed by atoms with Crippen LogP contribution in [-0.4, -0.2) is 29.3 Å². The highest BCUT2D eigenvalue weighted by atomic mass is 79.9. The van der Waals surface area contributed by atoms with Crippen molar-refractivity contribution in [3.8, 4) is 5.75 Å². The summed E-state index contributed by atoms with van der Waals surface area (Å²) < 4.78 is 12.4. The molecule has 2 aromatic rings. The number of methoxy groups -OCH3 is 1. The van der Waals surface area contributed by atoms with Crippen molar-refractivity contribution in [3.05, 3.63) is 28.5 Å². The zero-order chi connectivity index (χ0) is 12.4. The molecule has 2 heterocycles. The Hall–Kier alpha value is -1.56. The van der Waals surface area contributed by atoms with Gasteiger partial charge in [-0.15, -0.1) is 0 Å². The summed E-state index contributed by atoms with van der Waals surface area (Å²) in [6, 6.07) is 1.78. The van der Waals surface area contributed by atoms with Crippen LogP contribution in [0.25, 0.3) is 5.52 Å². The first-order valence-electron chi connectivity index (χ1n) is 5.05. The van der Waals surface area contributed by atoms with Crippen LogP contribution in [-0.2, 0) is 4.74 Å². The highest BCUT2D eigenvalue weighted by molar-refractivity contribution is 9.10. The molecule has 0 radical (unpaired) electrons. The molecule has 2 rings (SSSR count). The predicted molar refractivity (Wildman–Crippen MR) is 65.4 cm³/mol. The number of ether oxygens (including phenoxy) is 2. The standard InChI is InChI=1S/C11H11BrN2O3/c1-3-17-11(15)8-5-13-14-6-7(16-2)4-9(12)10(8)14/h4-6H,3H2,1-2H3. The van der Waals surface area contributed by atoms with Crippen LogP contribution < -0.4 is 4.74 Å². The van der Waals surface area contributed by atoms with Crippen molar-refractivity contribution in [2.75, 3.05) is 13.7 Å². The molecular formula is C11H11BrN2O3. The Balaban J connectivity index is 2.57. The van der Waals surface area contributed by atoms with Gasteiger partial charge in [0.15, 0.2) is 0 Å². The van der Waals surface area contributed by atoms with Gasteiger partial charge in [0.1, 0.15) is 11.3 Å². The summed E-state index contributed by atoms with van der Waals surface area (Å²) in [5, 5.41) is 4.10. The average Bonchev–Trinajstić information content (AvgIpc) is 2.73. The lowest BCUT2D eigenvalue weighted by molar-refractivity contribution is 0.0528. The van der Waals surface area contributed by atoms with Gasteiger partial charge in [-0.25, -0.2) is 9.31 Å². The predicted octanol–water partition coefficient (Wildman–Crippen LogP) is 2.28. The van der Waals surface area contributed by atoms with Crippen LogP contribution >= 0.6 is 15.9 Å². The molecule has 6 heteroatoms. The second-order valence-electron chi connectivity index (χ2n) is 3.30. The van der Waals surface area contributed by atoms with Crippen molar-refractivity contribution in [2.45, 2.75) is 6.92 Å². The third-order valence-corrected chi connectivity index (χ3v) is 2.88. The van der Waals surface area contributed by atoms with Crippen molar-refractivity contribution in [3.63, 3.8) is 0 Å². The van der Waals surface area contributed by atoms with E-state index in [-0.39, 0.29) is 5.97 Å². The number of nitrogens with zero attached hydrogens (tertiary/aromatic N) is 2. The molecule has 0 amide bonds. The summed E-state index contributed by atoms with van der Waals surface area (Å²) in [5.74, 6) is 0.274. The van der Waals surface area contributed by atoms with Crippen LogP contribution in [0.15, 0.2) is 22.9 Å². The van der Waals surface area contributed by atoms with Crippen LogP contribution in [0.4, 0.5) is 0 Å². The van der Waals surface area contributed by atoms with Gasteiger partial charge in [-0.2, -0.15) is 5.10 Å². The molecule has 0 saturated carbocycles. The minimum absolute atomic E-state index is 0.337. The molecule has 0 spiro atoms. The number of aromatic nitrogens is 2. The maximum absolute atomic E-state index is 11.7. The van der Waals surface area contributed by atoms with Gasteiger partial charge in [-0.05, 0) is 28.9 Å². The molecule has 5 nitrogen and oxygen atoms in total. The Morgan fingerprint density at radius 1 is 1.59 bits per heavy atom. The van der Waals surface area contributed by atoms with Gasteiger partial charge in [-0.3, -0.25) is 0 Å². The van der Waals surface area contributed by atoms with E-state index in [0.717, 1.165) is 4.47 Å². The Bertz CT molecular complexity index is 565. The largest absolute Gasteiger partial charge is 0.495 e. The molecule has 0 aliphatic rings. The first kappa shape index (κ1) is 11.9. The lowest BCUT2D eigenvalue weighted by atomic mass is 10.2. The molecular weight excluding hydrogens is 288 g/mol. The monoisotopic (exact) mass is 298 g/mol. The quantitative estimate of drug-likeness (QED) is 0.816. The number of halogens is 1. The number of carbonyl (C=O) groups excluding carboxylic acids is 1. The fraction of sp³-hybridized carbons (Fsp3) is 0.273. The first-order chi connectivity index (χ1) is 8.17. The highest BCUT2D eigenvalue weighted by Crippen LogP contribution is 2.26. The van der Waals surface area contributed by atoms with Crippen molar-refractivity contribution >= 4 is 27.4 Å². The van der Waals surface area contributed by atoms with Gasteiger partial charge < -0.3 is 9.47 Å². The summed E-state index contributed by atoms with van der Waals surface area (Å²) in [6.07, 6.45) is 3.18. The van der Waals surface area contributed by atoms with Gasteiger partial charge in [0.05, 0.1) is 31.6 Å². The van der Waals surface area contributed by atoms with Crippen LogP contribution in [0, 0.1) is 0 Å². The third-order valence-electron chi connectivity index (χ3n) is 2.27. The normalized spacial score (nSPS) is 10.5. The fourth-order valence-corrected chi connectivity index (χ4v) is 2.14. The first-order valence-corrected chi connectivity index (χ1v) is 5.84. The Morgan fingerprint density at radius 3 is 3.00 bits per heavy atom. The van der Waals surface area contributed by atoms with Gasteiger partial charge >= 0.3 is 5.97 Å². The smallest absolute Gasteiger partial charge is 0.342 e. The molecule has 0 saturated heterocycles. The molecule has 0 aliphatic carbocycles. The summed E-state index contributed by atoms with van der Waals surface area (Å²) in [5.41, 5.74) is 1.10. The van der Waals surface area contributed by atoms with Crippen LogP contribution in [0.1, 0.15) is 17.3 Å². The van der Waals surface area contributed by atoms with Crippen molar-refractivity contribution in [2.24, 2.45) is 0 Å². The average molecular weight is 299 g/mol. The van der Waals surface area contributed by atoms with Crippen molar-refractivity contribution < 1.29 is 14.3 Å². The van der Waals surface area contributed by atoms with E-state index in [1.165, 1.54) is 6.20 Å². The Kier molecular flexibility index (Phi) is 3.33. The Labute approximate surface area is 106 Å². The summed E-state index contributed by atoms with van der Waals surface area (Å²) in [7, 11) is 1.57. The highest BCUT2D eigenvalue weighted by Gasteiger charge is 2.16. The maximum atomic E-state index is 11.7. The topological polar surface area (TPSA) is 52.8 Å². The van der Waals surface area contributed by atoms with Gasteiger partial charge in [0, 0.05) is 4.47 Å². The SMILES string of the molecule is CCOC(=O)c1cnn2cc(OC)cc(Br)c12. The van der Waals surface area contributed by atoms with E-state index in [9.17, 15) is 4.79 Å². The van der Waals surface area contributed by atoms with E-state index in [0.29, 0.717) is 23.4 Å². The minimum Gasteiger partial charge on any atom is -0.495 e. The number of pyridine rings is 1. The molecule has 0 N–H and O–H groups in total. The molecule has 0 aliphatic heterocycles. The van der Waals surface area contributed by atoms with E-state index in [2.05, 4.69) is 21.0 Å². The summed E-state index contributed by atoms with van der Waals surface area (Å²) in [6.45, 7) is 2.10. The van der Waals surface area contributed by atoms with E-state index in [4.69, 9.17) is 9.47 Å². The zero-order valence-corrected chi connectivity index (χ0v) is 11.0. The molecule has 0 fully saturated rings. The number of esters is 1. The molecule has 0 unspecified atom stereocenters. The Morgan fingerprint density at radius 2 is 2.35 bits per heavy atom.